The number of aromatic nitrogens is 4. The molecule has 1 atom stereocenters. The van der Waals surface area contributed by atoms with Crippen LogP contribution in [0.15, 0.2) is 48.5 Å². The summed E-state index contributed by atoms with van der Waals surface area (Å²) in [5.74, 6) is 0.331. The highest BCUT2D eigenvalue weighted by molar-refractivity contribution is 6.30. The van der Waals surface area contributed by atoms with Crippen LogP contribution >= 0.6 is 11.6 Å². The number of nitrogens with zero attached hydrogens (tertiary/aromatic N) is 5. The summed E-state index contributed by atoms with van der Waals surface area (Å²) in [6.07, 6.45) is 0.553. The van der Waals surface area contributed by atoms with Gasteiger partial charge in [-0.3, -0.25) is 9.69 Å². The van der Waals surface area contributed by atoms with E-state index in [0.29, 0.717) is 23.8 Å². The van der Waals surface area contributed by atoms with Crippen molar-refractivity contribution in [3.63, 3.8) is 0 Å². The SMILES string of the molecule is CCC(C(=O)NCc1ccccc1CN1CCOCC1)n1nnc(-c2ccc(Cl)cc2)n1. The summed E-state index contributed by atoms with van der Waals surface area (Å²) >= 11 is 5.95. The second-order valence-electron chi connectivity index (χ2n) is 7.74. The molecule has 2 heterocycles. The van der Waals surface area contributed by atoms with Gasteiger partial charge in [0.25, 0.3) is 0 Å². The normalized spacial score (nSPS) is 15.4. The van der Waals surface area contributed by atoms with Crippen LogP contribution < -0.4 is 5.32 Å². The smallest absolute Gasteiger partial charge is 0.247 e. The van der Waals surface area contributed by atoms with Gasteiger partial charge in [0.15, 0.2) is 6.04 Å². The summed E-state index contributed by atoms with van der Waals surface area (Å²) in [7, 11) is 0. The number of rotatable bonds is 8. The number of benzene rings is 2. The molecule has 0 spiro atoms. The van der Waals surface area contributed by atoms with Crippen molar-refractivity contribution in [1.29, 1.82) is 0 Å². The van der Waals surface area contributed by atoms with Crippen LogP contribution in [0.5, 0.6) is 0 Å². The molecule has 1 amide bonds. The van der Waals surface area contributed by atoms with Crippen molar-refractivity contribution in [3.05, 3.63) is 64.7 Å². The standard InChI is InChI=1S/C23H27ClN6O2/c1-2-21(30-27-22(26-28-30)17-7-9-20(24)10-8-17)23(31)25-15-18-5-3-4-6-19(18)16-29-11-13-32-14-12-29/h3-10,21H,2,11-16H2,1H3,(H,25,31). The van der Waals surface area contributed by atoms with E-state index < -0.39 is 6.04 Å². The van der Waals surface area contributed by atoms with E-state index in [9.17, 15) is 4.79 Å². The molecule has 1 N–H and O–H groups in total. The number of carbonyl (C=O) groups excluding carboxylic acids is 1. The Balaban J connectivity index is 1.40. The maximum atomic E-state index is 13.0. The van der Waals surface area contributed by atoms with Gasteiger partial charge in [-0.15, -0.1) is 10.2 Å². The highest BCUT2D eigenvalue weighted by atomic mass is 35.5. The van der Waals surface area contributed by atoms with Crippen LogP contribution in [0.25, 0.3) is 11.4 Å². The van der Waals surface area contributed by atoms with Crippen molar-refractivity contribution >= 4 is 17.5 Å². The lowest BCUT2D eigenvalue weighted by molar-refractivity contribution is -0.125. The Kier molecular flexibility index (Phi) is 7.47. The van der Waals surface area contributed by atoms with E-state index in [4.69, 9.17) is 16.3 Å². The van der Waals surface area contributed by atoms with Gasteiger partial charge >= 0.3 is 0 Å². The number of halogens is 1. The molecular weight excluding hydrogens is 428 g/mol. The number of morpholine rings is 1. The quantitative estimate of drug-likeness (QED) is 0.563. The summed E-state index contributed by atoms with van der Waals surface area (Å²) in [6.45, 7) is 6.61. The van der Waals surface area contributed by atoms with Gasteiger partial charge in [-0.2, -0.15) is 4.80 Å². The fourth-order valence-corrected chi connectivity index (χ4v) is 3.84. The summed E-state index contributed by atoms with van der Waals surface area (Å²) in [5, 5.41) is 16.3. The number of amides is 1. The number of ether oxygens (including phenoxy) is 1. The van der Waals surface area contributed by atoms with Crippen LogP contribution in [-0.4, -0.2) is 57.3 Å². The van der Waals surface area contributed by atoms with E-state index in [1.54, 1.807) is 12.1 Å². The molecule has 9 heteroatoms. The van der Waals surface area contributed by atoms with Gasteiger partial charge in [0.2, 0.25) is 11.7 Å². The third-order valence-corrected chi connectivity index (χ3v) is 5.82. The molecule has 1 unspecified atom stereocenters. The molecule has 0 saturated carbocycles. The van der Waals surface area contributed by atoms with Crippen LogP contribution in [0.3, 0.4) is 0 Å². The average Bonchev–Trinajstić information content (AvgIpc) is 3.30. The molecule has 32 heavy (non-hydrogen) atoms. The molecule has 1 aliphatic heterocycles. The number of hydrogen-bond acceptors (Lipinski definition) is 6. The van der Waals surface area contributed by atoms with Gasteiger partial charge < -0.3 is 10.1 Å². The molecule has 1 fully saturated rings. The second-order valence-corrected chi connectivity index (χ2v) is 8.18. The Morgan fingerprint density at radius 2 is 1.84 bits per heavy atom. The Morgan fingerprint density at radius 3 is 2.56 bits per heavy atom. The molecule has 0 bridgehead atoms. The van der Waals surface area contributed by atoms with Gasteiger partial charge in [-0.1, -0.05) is 42.8 Å². The molecule has 1 aromatic heterocycles. The molecule has 1 aliphatic rings. The Bertz CT molecular complexity index is 1030. The predicted octanol–water partition coefficient (Wildman–Crippen LogP) is 3.09. The average molecular weight is 455 g/mol. The highest BCUT2D eigenvalue weighted by Crippen LogP contribution is 2.19. The lowest BCUT2D eigenvalue weighted by Crippen LogP contribution is -2.36. The first-order valence-corrected chi connectivity index (χ1v) is 11.2. The summed E-state index contributed by atoms with van der Waals surface area (Å²) in [6, 6.07) is 14.9. The third kappa shape index (κ3) is 5.51. The van der Waals surface area contributed by atoms with Gasteiger partial charge in [0, 0.05) is 36.8 Å². The van der Waals surface area contributed by atoms with Gasteiger partial charge in [-0.05, 0) is 47.0 Å². The van der Waals surface area contributed by atoms with Crippen LogP contribution in [0, 0.1) is 0 Å². The lowest BCUT2D eigenvalue weighted by atomic mass is 10.1. The maximum absolute atomic E-state index is 13.0. The number of tetrazole rings is 1. The zero-order valence-corrected chi connectivity index (χ0v) is 18.8. The molecule has 2 aromatic carbocycles. The monoisotopic (exact) mass is 454 g/mol. The highest BCUT2D eigenvalue weighted by Gasteiger charge is 2.22. The molecule has 168 valence electrons. The van der Waals surface area contributed by atoms with Gasteiger partial charge in [-0.25, -0.2) is 0 Å². The largest absolute Gasteiger partial charge is 0.379 e. The molecule has 3 aromatic rings. The van der Waals surface area contributed by atoms with Crippen molar-refractivity contribution in [2.75, 3.05) is 26.3 Å². The van der Waals surface area contributed by atoms with E-state index in [2.05, 4.69) is 37.8 Å². The summed E-state index contributed by atoms with van der Waals surface area (Å²) in [4.78, 5) is 16.7. The van der Waals surface area contributed by atoms with Crippen LogP contribution in [0.2, 0.25) is 5.02 Å². The van der Waals surface area contributed by atoms with Crippen molar-refractivity contribution in [3.8, 4) is 11.4 Å². The van der Waals surface area contributed by atoms with Gasteiger partial charge in [0.05, 0.1) is 13.2 Å². The summed E-state index contributed by atoms with van der Waals surface area (Å²) in [5.41, 5.74) is 3.12. The Hall–Kier alpha value is -2.81. The number of nitrogens with one attached hydrogen (secondary N) is 1. The van der Waals surface area contributed by atoms with Crippen molar-refractivity contribution < 1.29 is 9.53 Å². The minimum atomic E-state index is -0.532. The second kappa shape index (κ2) is 10.7. The van der Waals surface area contributed by atoms with Crippen LogP contribution in [0.4, 0.5) is 0 Å². The topological polar surface area (TPSA) is 85.2 Å². The molecule has 4 rings (SSSR count). The van der Waals surface area contributed by atoms with Crippen molar-refractivity contribution in [2.45, 2.75) is 32.5 Å². The first kappa shape index (κ1) is 22.4. The Labute approximate surface area is 192 Å². The molecule has 1 saturated heterocycles. The molecule has 0 radical (unpaired) electrons. The zero-order valence-electron chi connectivity index (χ0n) is 18.1. The fourth-order valence-electron chi connectivity index (χ4n) is 3.71. The number of hydrogen-bond donors (Lipinski definition) is 1. The van der Waals surface area contributed by atoms with E-state index in [0.717, 1.165) is 44.0 Å². The van der Waals surface area contributed by atoms with Crippen LogP contribution in [-0.2, 0) is 22.6 Å². The lowest BCUT2D eigenvalue weighted by Gasteiger charge is -2.27. The molecule has 8 nitrogen and oxygen atoms in total. The predicted molar refractivity (Wildman–Crippen MR) is 122 cm³/mol. The first-order chi connectivity index (χ1) is 15.6. The minimum Gasteiger partial charge on any atom is -0.379 e. The minimum absolute atomic E-state index is 0.131. The van der Waals surface area contributed by atoms with E-state index in [1.807, 2.05) is 31.2 Å². The fraction of sp³-hybridized carbons (Fsp3) is 0.391. The van der Waals surface area contributed by atoms with Crippen molar-refractivity contribution in [1.82, 2.24) is 30.4 Å². The Morgan fingerprint density at radius 1 is 1.12 bits per heavy atom. The van der Waals surface area contributed by atoms with Crippen LogP contribution in [0.1, 0.15) is 30.5 Å². The first-order valence-electron chi connectivity index (χ1n) is 10.8. The number of carbonyl (C=O) groups is 1. The maximum Gasteiger partial charge on any atom is 0.247 e. The van der Waals surface area contributed by atoms with E-state index in [-0.39, 0.29) is 5.91 Å². The third-order valence-electron chi connectivity index (χ3n) is 5.57. The van der Waals surface area contributed by atoms with E-state index >= 15 is 0 Å². The van der Waals surface area contributed by atoms with Crippen molar-refractivity contribution in [2.24, 2.45) is 0 Å². The summed E-state index contributed by atoms with van der Waals surface area (Å²) < 4.78 is 5.44. The van der Waals surface area contributed by atoms with Gasteiger partial charge in [0.1, 0.15) is 0 Å². The zero-order chi connectivity index (χ0) is 22.3. The molecule has 0 aliphatic carbocycles. The van der Waals surface area contributed by atoms with E-state index in [1.165, 1.54) is 10.4 Å². The molecular formula is C23H27ClN6O2.